The van der Waals surface area contributed by atoms with Crippen molar-refractivity contribution in [2.24, 2.45) is 0 Å². The van der Waals surface area contributed by atoms with Crippen molar-refractivity contribution in [3.05, 3.63) is 48.6 Å². The van der Waals surface area contributed by atoms with Crippen LogP contribution in [-0.4, -0.2) is 97.5 Å². The number of esters is 1. The van der Waals surface area contributed by atoms with Crippen LogP contribution >= 0.6 is 0 Å². The van der Waals surface area contributed by atoms with Crippen LogP contribution in [0.1, 0.15) is 181 Å². The number of carbonyl (C=O) groups is 1. The van der Waals surface area contributed by atoms with Crippen LogP contribution in [0.4, 0.5) is 0 Å². The van der Waals surface area contributed by atoms with Crippen molar-refractivity contribution in [1.82, 2.24) is 0 Å². The largest absolute Gasteiger partial charge is 0.457 e. The number of hydrogen-bond acceptors (Lipinski definition) is 11. The highest BCUT2D eigenvalue weighted by molar-refractivity contribution is 7.80. The number of carbonyl (C=O) groups excluding carboxylic acids is 1. The van der Waals surface area contributed by atoms with E-state index in [2.05, 4.69) is 66.6 Å². The van der Waals surface area contributed by atoms with E-state index in [1.54, 1.807) is 0 Å². The maximum atomic E-state index is 12.9. The van der Waals surface area contributed by atoms with E-state index >= 15 is 0 Å². The molecule has 6 unspecified atom stereocenters. The fraction of sp³-hybridized carbons (Fsp3) is 0.809. The molecule has 0 aromatic rings. The molecule has 0 amide bonds. The summed E-state index contributed by atoms with van der Waals surface area (Å²) in [7, 11) is -5.07. The van der Waals surface area contributed by atoms with Gasteiger partial charge in [0, 0.05) is 13.0 Å². The lowest BCUT2D eigenvalue weighted by Gasteiger charge is -2.41. The first-order valence-electron chi connectivity index (χ1n) is 23.4. The van der Waals surface area contributed by atoms with Crippen molar-refractivity contribution in [1.29, 1.82) is 0 Å². The molecule has 0 radical (unpaired) electrons. The minimum atomic E-state index is -5.07. The van der Waals surface area contributed by atoms with Gasteiger partial charge in [0.15, 0.2) is 6.29 Å². The van der Waals surface area contributed by atoms with Crippen molar-refractivity contribution in [3.63, 3.8) is 0 Å². The molecule has 0 spiro atoms. The molecule has 350 valence electrons. The number of aliphatic hydroxyl groups excluding tert-OH is 3. The molecule has 1 aliphatic rings. The van der Waals surface area contributed by atoms with E-state index in [0.717, 1.165) is 57.8 Å². The van der Waals surface area contributed by atoms with Crippen molar-refractivity contribution < 1.29 is 56.2 Å². The van der Waals surface area contributed by atoms with E-state index in [1.165, 1.54) is 96.3 Å². The smallest absolute Gasteiger partial charge is 0.397 e. The second-order valence-electron chi connectivity index (χ2n) is 16.0. The van der Waals surface area contributed by atoms with Gasteiger partial charge in [-0.25, -0.2) is 4.18 Å². The summed E-state index contributed by atoms with van der Waals surface area (Å²) in [6, 6.07) is 0. The van der Waals surface area contributed by atoms with Gasteiger partial charge in [-0.05, 0) is 44.9 Å². The quantitative estimate of drug-likeness (QED) is 0.0199. The highest BCUT2D eigenvalue weighted by atomic mass is 32.3. The average molecular weight is 873 g/mol. The van der Waals surface area contributed by atoms with Gasteiger partial charge in [0.05, 0.1) is 19.8 Å². The number of ether oxygens (including phenoxy) is 4. The first-order chi connectivity index (χ1) is 29.1. The van der Waals surface area contributed by atoms with Crippen LogP contribution in [0, 0.1) is 0 Å². The Balaban J connectivity index is 2.42. The van der Waals surface area contributed by atoms with Gasteiger partial charge in [-0.2, -0.15) is 8.42 Å². The number of hydrogen-bond donors (Lipinski definition) is 4. The monoisotopic (exact) mass is 873 g/mol. The molecule has 0 aliphatic carbocycles. The summed E-state index contributed by atoms with van der Waals surface area (Å²) in [6.07, 6.45) is 37.3. The predicted molar refractivity (Wildman–Crippen MR) is 239 cm³/mol. The zero-order valence-corrected chi connectivity index (χ0v) is 38.1. The minimum absolute atomic E-state index is 0.00104. The molecule has 1 fully saturated rings. The second-order valence-corrected chi connectivity index (χ2v) is 17.0. The van der Waals surface area contributed by atoms with Crippen LogP contribution in [0.15, 0.2) is 48.6 Å². The van der Waals surface area contributed by atoms with Crippen LogP contribution in [0.5, 0.6) is 0 Å². The molecule has 1 aliphatic heterocycles. The van der Waals surface area contributed by atoms with Crippen molar-refractivity contribution in [3.8, 4) is 0 Å². The summed E-state index contributed by atoms with van der Waals surface area (Å²) in [4.78, 5) is 12.9. The summed E-state index contributed by atoms with van der Waals surface area (Å²) in [5.41, 5.74) is 0. The predicted octanol–water partition coefficient (Wildman–Crippen LogP) is 9.97. The zero-order chi connectivity index (χ0) is 43.9. The standard InChI is InChI=1S/C47H84O12S/c1-3-5-7-9-11-13-15-17-19-20-21-22-23-24-26-28-30-32-34-36-43(49)57-41(39-55-37-35-33-31-29-27-25-18-16-14-12-10-8-6-4-2)40-56-47-45(51)46(59-60(52,53)54)44(50)42(38-48)58-47/h6,8,12,14,18,25,29,31,41-42,44-48,50-51H,3-5,7,9-11,13,15-17,19-24,26-28,30,32-40H2,1-2H3,(H,52,53,54)/b8-6-,14-12-,25-18-,31-29-. The molecule has 6 atom stereocenters. The van der Waals surface area contributed by atoms with E-state index in [1.807, 2.05) is 0 Å². The van der Waals surface area contributed by atoms with E-state index < -0.39 is 59.8 Å². The molecule has 4 N–H and O–H groups in total. The Hall–Kier alpha value is -1.94. The lowest BCUT2D eigenvalue weighted by Crippen LogP contribution is -2.60. The van der Waals surface area contributed by atoms with Crippen LogP contribution in [0.2, 0.25) is 0 Å². The van der Waals surface area contributed by atoms with E-state index in [4.69, 9.17) is 23.5 Å². The lowest BCUT2D eigenvalue weighted by atomic mass is 9.99. The third kappa shape index (κ3) is 31.8. The maximum absolute atomic E-state index is 12.9. The Morgan fingerprint density at radius 1 is 0.650 bits per heavy atom. The van der Waals surface area contributed by atoms with E-state index in [9.17, 15) is 28.5 Å². The molecular formula is C47H84O12S. The molecule has 0 aromatic carbocycles. The first kappa shape index (κ1) is 56.1. The van der Waals surface area contributed by atoms with Gasteiger partial charge in [0.2, 0.25) is 0 Å². The molecule has 0 aromatic heterocycles. The van der Waals surface area contributed by atoms with Gasteiger partial charge in [-0.1, -0.05) is 178 Å². The molecule has 1 saturated heterocycles. The summed E-state index contributed by atoms with van der Waals surface area (Å²) in [6.45, 7) is 3.74. The Morgan fingerprint density at radius 2 is 1.13 bits per heavy atom. The highest BCUT2D eigenvalue weighted by Crippen LogP contribution is 2.26. The SMILES string of the molecule is CC/C=C\C/C=C\C/C=C\C/C=C\CCCOCC(COC1OC(CO)C(O)C(OS(=O)(=O)O)C1O)OC(=O)CCCCCCCCCCCCCCCCCCCCC. The van der Waals surface area contributed by atoms with Crippen molar-refractivity contribution in [2.45, 2.75) is 218 Å². The molecule has 0 bridgehead atoms. The Bertz CT molecular complexity index is 1240. The zero-order valence-electron chi connectivity index (χ0n) is 37.3. The highest BCUT2D eigenvalue weighted by Gasteiger charge is 2.48. The molecular weight excluding hydrogens is 789 g/mol. The third-order valence-electron chi connectivity index (χ3n) is 10.5. The van der Waals surface area contributed by atoms with Gasteiger partial charge >= 0.3 is 16.4 Å². The summed E-state index contributed by atoms with van der Waals surface area (Å²) >= 11 is 0. The topological polar surface area (TPSA) is 178 Å². The fourth-order valence-electron chi connectivity index (χ4n) is 6.97. The van der Waals surface area contributed by atoms with Crippen LogP contribution in [0.3, 0.4) is 0 Å². The Morgan fingerprint density at radius 3 is 1.62 bits per heavy atom. The summed E-state index contributed by atoms with van der Waals surface area (Å²) in [5, 5.41) is 30.7. The first-order valence-corrected chi connectivity index (χ1v) is 24.8. The van der Waals surface area contributed by atoms with Gasteiger partial charge in [-0.15, -0.1) is 0 Å². The molecule has 13 heteroatoms. The molecule has 0 saturated carbocycles. The Labute approximate surface area is 364 Å². The number of allylic oxidation sites excluding steroid dienone is 8. The van der Waals surface area contributed by atoms with Gasteiger partial charge < -0.3 is 34.3 Å². The molecule has 1 rings (SSSR count). The fourth-order valence-corrected chi connectivity index (χ4v) is 7.48. The third-order valence-corrected chi connectivity index (χ3v) is 10.9. The summed E-state index contributed by atoms with van der Waals surface area (Å²) in [5.74, 6) is -0.416. The van der Waals surface area contributed by atoms with Gasteiger partial charge in [0.1, 0.15) is 30.5 Å². The van der Waals surface area contributed by atoms with Crippen LogP contribution in [-0.2, 0) is 38.3 Å². The van der Waals surface area contributed by atoms with Crippen molar-refractivity contribution >= 4 is 16.4 Å². The molecule has 60 heavy (non-hydrogen) atoms. The number of unbranched alkanes of at least 4 members (excludes halogenated alkanes) is 19. The summed E-state index contributed by atoms with van der Waals surface area (Å²) < 4.78 is 59.0. The number of aliphatic hydroxyl groups is 3. The van der Waals surface area contributed by atoms with Gasteiger partial charge in [0.25, 0.3) is 0 Å². The van der Waals surface area contributed by atoms with Crippen LogP contribution < -0.4 is 0 Å². The normalized spacial score (nSPS) is 20.7. The van der Waals surface area contributed by atoms with Crippen molar-refractivity contribution in [2.75, 3.05) is 26.4 Å². The molecule has 1 heterocycles. The average Bonchev–Trinajstić information content (AvgIpc) is 3.22. The molecule has 12 nitrogen and oxygen atoms in total. The van der Waals surface area contributed by atoms with Gasteiger partial charge in [-0.3, -0.25) is 9.35 Å². The maximum Gasteiger partial charge on any atom is 0.397 e. The van der Waals surface area contributed by atoms with E-state index in [0.29, 0.717) is 13.0 Å². The lowest BCUT2D eigenvalue weighted by molar-refractivity contribution is -0.301. The minimum Gasteiger partial charge on any atom is -0.457 e. The van der Waals surface area contributed by atoms with E-state index in [-0.39, 0.29) is 19.6 Å². The number of rotatable bonds is 40. The van der Waals surface area contributed by atoms with Crippen LogP contribution in [0.25, 0.3) is 0 Å². The second kappa shape index (κ2) is 38.7. The Kier molecular flexibility index (Phi) is 36.2.